The fraction of sp³-hybridized carbons (Fsp3) is 0.625. The smallest absolute Gasteiger partial charge is 0.325 e. The number of carbonyl (C=O) groups is 6. The van der Waals surface area contributed by atoms with E-state index in [4.69, 9.17) is 19.3 Å². The predicted octanol–water partition coefficient (Wildman–Crippen LogP) is -2.83. The maximum Gasteiger partial charge on any atom is 0.325 e. The first kappa shape index (κ1) is 35.1. The van der Waals surface area contributed by atoms with Gasteiger partial charge in [-0.3, -0.25) is 28.8 Å². The van der Waals surface area contributed by atoms with Crippen LogP contribution >= 0.6 is 11.8 Å². The minimum Gasteiger partial charge on any atom is -0.617 e. The number of thioether (sulfide) groups is 1. The summed E-state index contributed by atoms with van der Waals surface area (Å²) in [5, 5.41) is 14.2. The van der Waals surface area contributed by atoms with Crippen molar-refractivity contribution in [2.45, 2.75) is 25.4 Å². The topological polar surface area (TPSA) is 187 Å². The number of fused-ring (bicyclic) bond motifs is 3. The fourth-order valence-corrected chi connectivity index (χ4v) is 5.09. The molecular weight excluding hydrogens is 716 g/mol. The summed E-state index contributed by atoms with van der Waals surface area (Å²) < 4.78 is 16.2. The zero-order valence-corrected chi connectivity index (χ0v) is 26.4. The quantitative estimate of drug-likeness (QED) is 0.124. The van der Waals surface area contributed by atoms with Crippen LogP contribution in [0.5, 0.6) is 0 Å². The number of carboxylic acids is 1. The molecule has 0 aromatic heterocycles. The van der Waals surface area contributed by atoms with Crippen LogP contribution < -0.4 is 10.6 Å². The van der Waals surface area contributed by atoms with Crippen molar-refractivity contribution < 1.29 is 97.5 Å². The van der Waals surface area contributed by atoms with E-state index in [0.717, 1.165) is 0 Å². The summed E-state index contributed by atoms with van der Waals surface area (Å²) >= 11 is 1.48. The summed E-state index contributed by atoms with van der Waals surface area (Å²) in [5.41, 5.74) is 0. The van der Waals surface area contributed by atoms with Crippen LogP contribution in [0.15, 0.2) is 0 Å². The molecule has 4 aliphatic rings. The first-order chi connectivity index (χ1) is 19.5. The van der Waals surface area contributed by atoms with Crippen LogP contribution in [0.3, 0.4) is 0 Å². The van der Waals surface area contributed by atoms with Gasteiger partial charge >= 0.3 is 5.97 Å². The van der Waals surface area contributed by atoms with Crippen molar-refractivity contribution in [2.24, 2.45) is 0 Å². The van der Waals surface area contributed by atoms with Crippen LogP contribution in [0.2, 0.25) is 0 Å². The number of ether oxygens (including phenoxy) is 3. The van der Waals surface area contributed by atoms with E-state index in [1.807, 2.05) is 6.26 Å². The first-order valence-corrected chi connectivity index (χ1v) is 14.4. The third-order valence-corrected chi connectivity index (χ3v) is 7.41. The van der Waals surface area contributed by atoms with E-state index in [1.165, 1.54) is 18.7 Å². The number of carboxylic acid groups (broad SMARTS) is 1. The molecule has 42 heavy (non-hydrogen) atoms. The van der Waals surface area contributed by atoms with Gasteiger partial charge in [-0.05, 0) is 31.9 Å². The molecule has 16 nitrogen and oxygen atoms in total. The molecule has 4 fully saturated rings. The molecule has 4 heterocycles. The van der Waals surface area contributed by atoms with Gasteiger partial charge in [-0.25, -0.2) is 0 Å². The maximum atomic E-state index is 13.2. The molecule has 0 unspecified atom stereocenters. The Bertz CT molecular complexity index is 1060. The summed E-state index contributed by atoms with van der Waals surface area (Å²) in [5.74, 6) is -3.18. The SMILES string of the molecule is CSCC[C@H](NC(=O)CN1CCN2CC(=O)O[C-]2CN2CC(=O)O[C-]2CN2CC(=O)O[C-]2C1)C(=O)N[C@@H](C)C(=O)O.[Eu]. The molecule has 2 amide bonds. The van der Waals surface area contributed by atoms with E-state index in [1.54, 1.807) is 19.6 Å². The van der Waals surface area contributed by atoms with Gasteiger partial charge < -0.3 is 49.6 Å². The largest absolute Gasteiger partial charge is 0.617 e. The average Bonchev–Trinajstić information content (AvgIpc) is 3.54. The summed E-state index contributed by atoms with van der Waals surface area (Å²) in [7, 11) is 0. The number of nitrogens with one attached hydrogen (secondary N) is 2. The van der Waals surface area contributed by atoms with Gasteiger partial charge in [0, 0.05) is 55.9 Å². The zero-order chi connectivity index (χ0) is 29.7. The Hall–Kier alpha value is -1.41. The van der Waals surface area contributed by atoms with E-state index >= 15 is 0 Å². The van der Waals surface area contributed by atoms with Crippen LogP contribution in [0.4, 0.5) is 0 Å². The third kappa shape index (κ3) is 9.55. The zero-order valence-electron chi connectivity index (χ0n) is 23.1. The molecule has 0 spiro atoms. The molecule has 0 bridgehead atoms. The number of esters is 3. The monoisotopic (exact) mass is 750 g/mol. The number of hydrogen-bond donors (Lipinski definition) is 3. The van der Waals surface area contributed by atoms with E-state index in [-0.39, 0.29) is 127 Å². The average molecular weight is 750 g/mol. The Balaban J connectivity index is 0.00000484. The molecule has 1 radical (unpaired) electrons. The number of rotatable bonds is 9. The van der Waals surface area contributed by atoms with Crippen molar-refractivity contribution in [3.05, 3.63) is 18.7 Å². The molecule has 0 aromatic rings. The standard InChI is InChI=1S/C24H33N6O10S.Eu/c1-14(24(36)37)25-23(35)15(3-6-41-2)26-16(31)7-27-4-5-28-11-20(32)39-18(28)9-30-13-22(34)40-19(30)10-29-12-21(33)38-17(29)8-27;/h14-15H,3-13H2,1-2H3,(H,25,35)(H,26,31)(H,36,37);/q-3;/t14-,15-;/m0./s1. The Morgan fingerprint density at radius 3 is 1.95 bits per heavy atom. The van der Waals surface area contributed by atoms with Crippen LogP contribution in [-0.2, 0) is 43.0 Å². The maximum absolute atomic E-state index is 13.2. The number of nitrogens with zero attached hydrogens (tertiary/aromatic N) is 4. The van der Waals surface area contributed by atoms with E-state index < -0.39 is 47.8 Å². The number of hydrogen-bond acceptors (Lipinski definition) is 14. The molecule has 2 atom stereocenters. The predicted molar refractivity (Wildman–Crippen MR) is 139 cm³/mol. The normalized spacial score (nSPS) is 23.1. The Morgan fingerprint density at radius 1 is 0.881 bits per heavy atom. The number of aliphatic carboxylic acids is 1. The minimum atomic E-state index is -1.20. The summed E-state index contributed by atoms with van der Waals surface area (Å²) in [6.45, 7) is 1.73. The van der Waals surface area contributed by atoms with Crippen molar-refractivity contribution in [1.29, 1.82) is 0 Å². The molecule has 3 N–H and O–H groups in total. The number of carbonyl (C=O) groups excluding carboxylic acids is 5. The van der Waals surface area contributed by atoms with Crippen LogP contribution in [0.1, 0.15) is 13.3 Å². The summed E-state index contributed by atoms with van der Waals surface area (Å²) in [6, 6.07) is -2.09. The van der Waals surface area contributed by atoms with Gasteiger partial charge in [0.25, 0.3) is 17.9 Å². The van der Waals surface area contributed by atoms with Gasteiger partial charge in [-0.15, -0.1) is 13.1 Å². The van der Waals surface area contributed by atoms with Crippen LogP contribution in [-0.4, -0.2) is 143 Å². The van der Waals surface area contributed by atoms with E-state index in [0.29, 0.717) is 12.0 Å². The second-order valence-corrected chi connectivity index (χ2v) is 10.9. The fourth-order valence-electron chi connectivity index (χ4n) is 4.62. The van der Waals surface area contributed by atoms with Gasteiger partial charge in [0.2, 0.25) is 11.8 Å². The van der Waals surface area contributed by atoms with Gasteiger partial charge in [-0.2, -0.15) is 11.8 Å². The van der Waals surface area contributed by atoms with E-state index in [2.05, 4.69) is 10.6 Å². The minimum absolute atomic E-state index is 0. The Kier molecular flexibility index (Phi) is 13.4. The second-order valence-electron chi connectivity index (χ2n) is 9.92. The summed E-state index contributed by atoms with van der Waals surface area (Å²) in [6.07, 6.45) is 3.03. The third-order valence-electron chi connectivity index (χ3n) is 6.77. The molecule has 0 aromatic carbocycles. The molecule has 4 aliphatic heterocycles. The van der Waals surface area contributed by atoms with Gasteiger partial charge in [-0.1, -0.05) is 25.2 Å². The van der Waals surface area contributed by atoms with Gasteiger partial charge in [0.05, 0.1) is 26.2 Å². The van der Waals surface area contributed by atoms with Gasteiger partial charge in [0.15, 0.2) is 0 Å². The molecule has 4 rings (SSSR count). The number of amides is 2. The Morgan fingerprint density at radius 2 is 1.40 bits per heavy atom. The second kappa shape index (κ2) is 16.1. The van der Waals surface area contributed by atoms with Crippen molar-refractivity contribution in [3.8, 4) is 0 Å². The van der Waals surface area contributed by atoms with Crippen LogP contribution in [0.25, 0.3) is 0 Å². The van der Waals surface area contributed by atoms with Crippen molar-refractivity contribution in [2.75, 3.05) is 70.9 Å². The van der Waals surface area contributed by atoms with Gasteiger partial charge in [0.1, 0.15) is 12.1 Å². The Labute approximate surface area is 288 Å². The molecule has 0 aliphatic carbocycles. The van der Waals surface area contributed by atoms with Crippen LogP contribution in [0, 0.1) is 68.1 Å². The molecular formula is C24H33EuN6O10S-3. The molecule has 0 saturated carbocycles. The molecule has 18 heteroatoms. The summed E-state index contributed by atoms with van der Waals surface area (Å²) in [4.78, 5) is 80.1. The van der Waals surface area contributed by atoms with Crippen molar-refractivity contribution in [3.63, 3.8) is 0 Å². The van der Waals surface area contributed by atoms with Crippen molar-refractivity contribution in [1.82, 2.24) is 30.2 Å². The van der Waals surface area contributed by atoms with Crippen molar-refractivity contribution >= 4 is 47.5 Å². The molecule has 235 valence electrons. The molecule has 4 saturated heterocycles. The van der Waals surface area contributed by atoms with E-state index in [9.17, 15) is 28.8 Å². The first-order valence-electron chi connectivity index (χ1n) is 13.0.